The number of hydrogen-bond donors (Lipinski definition) is 1. The second-order valence-electron chi connectivity index (χ2n) is 5.41. The zero-order chi connectivity index (χ0) is 15.6. The zero-order valence-electron chi connectivity index (χ0n) is 12.2. The van der Waals surface area contributed by atoms with Crippen LogP contribution in [0.15, 0.2) is 27.6 Å². The monoisotopic (exact) mass is 407 g/mol. The highest BCUT2D eigenvalue weighted by Gasteiger charge is 2.31. The highest BCUT2D eigenvalue weighted by atomic mass is 79.9. The molecule has 1 aliphatic heterocycles. The van der Waals surface area contributed by atoms with Gasteiger partial charge in [-0.3, -0.25) is 0 Å². The lowest BCUT2D eigenvalue weighted by molar-refractivity contribution is 0.243. The van der Waals surface area contributed by atoms with Crippen molar-refractivity contribution in [2.24, 2.45) is 11.7 Å². The molecule has 0 aromatic heterocycles. The van der Waals surface area contributed by atoms with E-state index in [2.05, 4.69) is 15.9 Å². The van der Waals surface area contributed by atoms with Crippen LogP contribution < -0.4 is 5.73 Å². The number of hydrogen-bond acceptors (Lipinski definition) is 4. The Balaban J connectivity index is 0.00000242. The molecular formula is C14H19BrClN3O2S. The first-order valence-electron chi connectivity index (χ1n) is 6.81. The summed E-state index contributed by atoms with van der Waals surface area (Å²) >= 11 is 3.25. The first kappa shape index (κ1) is 19.4. The van der Waals surface area contributed by atoms with Crippen LogP contribution in [0, 0.1) is 17.2 Å². The third-order valence-corrected chi connectivity index (χ3v) is 6.10. The van der Waals surface area contributed by atoms with Gasteiger partial charge in [-0.2, -0.15) is 9.57 Å². The molecule has 2 N–H and O–H groups in total. The average molecular weight is 409 g/mol. The molecule has 0 amide bonds. The topological polar surface area (TPSA) is 87.2 Å². The minimum absolute atomic E-state index is 0. The molecule has 1 aromatic carbocycles. The second kappa shape index (κ2) is 7.75. The van der Waals surface area contributed by atoms with Crippen LogP contribution in [-0.4, -0.2) is 31.9 Å². The highest BCUT2D eigenvalue weighted by molar-refractivity contribution is 9.10. The molecule has 122 valence electrons. The lowest BCUT2D eigenvalue weighted by Crippen LogP contribution is -2.44. The molecule has 1 aromatic rings. The van der Waals surface area contributed by atoms with Crippen molar-refractivity contribution in [3.8, 4) is 6.07 Å². The summed E-state index contributed by atoms with van der Waals surface area (Å²) in [5.41, 5.74) is 6.23. The molecule has 22 heavy (non-hydrogen) atoms. The van der Waals surface area contributed by atoms with E-state index in [1.807, 2.05) is 13.0 Å². The Hall–Kier alpha value is -0.650. The van der Waals surface area contributed by atoms with E-state index in [1.54, 1.807) is 6.07 Å². The van der Waals surface area contributed by atoms with Crippen LogP contribution in [-0.2, 0) is 10.0 Å². The predicted molar refractivity (Wildman–Crippen MR) is 91.2 cm³/mol. The van der Waals surface area contributed by atoms with Crippen LogP contribution in [0.2, 0.25) is 0 Å². The van der Waals surface area contributed by atoms with Crippen molar-refractivity contribution in [3.05, 3.63) is 28.2 Å². The van der Waals surface area contributed by atoms with Gasteiger partial charge in [0.15, 0.2) is 0 Å². The van der Waals surface area contributed by atoms with E-state index >= 15 is 0 Å². The number of halogens is 2. The minimum atomic E-state index is -3.59. The lowest BCUT2D eigenvalue weighted by Gasteiger charge is -2.33. The molecule has 0 radical (unpaired) electrons. The second-order valence-corrected chi connectivity index (χ2v) is 8.27. The molecule has 2 unspecified atom stereocenters. The van der Waals surface area contributed by atoms with E-state index in [1.165, 1.54) is 16.4 Å². The van der Waals surface area contributed by atoms with Crippen LogP contribution >= 0.6 is 28.3 Å². The van der Waals surface area contributed by atoms with Gasteiger partial charge in [-0.05, 0) is 43.9 Å². The number of sulfonamides is 1. The zero-order valence-corrected chi connectivity index (χ0v) is 15.4. The smallest absolute Gasteiger partial charge is 0.243 e. The summed E-state index contributed by atoms with van der Waals surface area (Å²) in [4.78, 5) is 0.152. The predicted octanol–water partition coefficient (Wildman–Crippen LogP) is 2.49. The molecule has 2 rings (SSSR count). The lowest BCUT2D eigenvalue weighted by atomic mass is 9.93. The summed E-state index contributed by atoms with van der Waals surface area (Å²) in [6.45, 7) is 2.85. The first-order chi connectivity index (χ1) is 9.84. The first-order valence-corrected chi connectivity index (χ1v) is 9.04. The number of nitrogens with zero attached hydrogens (tertiary/aromatic N) is 2. The van der Waals surface area contributed by atoms with Crippen LogP contribution in [0.3, 0.4) is 0 Å². The Bertz CT molecular complexity index is 673. The largest absolute Gasteiger partial charge is 0.328 e. The van der Waals surface area contributed by atoms with Gasteiger partial charge in [0.25, 0.3) is 0 Å². The molecule has 1 heterocycles. The van der Waals surface area contributed by atoms with Crippen molar-refractivity contribution in [2.45, 2.75) is 30.7 Å². The summed E-state index contributed by atoms with van der Waals surface area (Å²) in [6, 6.07) is 6.49. The Morgan fingerprint density at radius 2 is 2.14 bits per heavy atom. The van der Waals surface area contributed by atoms with Gasteiger partial charge < -0.3 is 5.73 Å². The van der Waals surface area contributed by atoms with Crippen molar-refractivity contribution >= 4 is 38.4 Å². The maximum atomic E-state index is 12.7. The fourth-order valence-electron chi connectivity index (χ4n) is 2.55. The van der Waals surface area contributed by atoms with E-state index < -0.39 is 10.0 Å². The number of piperidine rings is 1. The summed E-state index contributed by atoms with van der Waals surface area (Å²) in [6.07, 6.45) is 1.76. The molecule has 0 saturated carbocycles. The Kier molecular flexibility index (Phi) is 6.84. The molecule has 1 saturated heterocycles. The number of nitrogens with two attached hydrogens (primary N) is 1. The van der Waals surface area contributed by atoms with E-state index in [0.29, 0.717) is 23.1 Å². The quantitative estimate of drug-likeness (QED) is 0.832. The molecule has 1 aliphatic rings. The number of rotatable bonds is 3. The van der Waals surface area contributed by atoms with E-state index in [9.17, 15) is 8.42 Å². The van der Waals surface area contributed by atoms with Crippen LogP contribution in [0.25, 0.3) is 0 Å². The van der Waals surface area contributed by atoms with Gasteiger partial charge in [0.1, 0.15) is 0 Å². The van der Waals surface area contributed by atoms with Crippen LogP contribution in [0.1, 0.15) is 25.3 Å². The Labute approximate surface area is 146 Å². The van der Waals surface area contributed by atoms with E-state index in [-0.39, 0.29) is 29.3 Å². The molecule has 0 aliphatic carbocycles. The van der Waals surface area contributed by atoms with Crippen LogP contribution in [0.5, 0.6) is 0 Å². The maximum absolute atomic E-state index is 12.7. The van der Waals surface area contributed by atoms with Crippen molar-refractivity contribution < 1.29 is 8.42 Å². The summed E-state index contributed by atoms with van der Waals surface area (Å²) in [5.74, 6) is 0.177. The third-order valence-electron chi connectivity index (χ3n) is 3.80. The van der Waals surface area contributed by atoms with E-state index in [0.717, 1.165) is 12.8 Å². The Morgan fingerprint density at radius 3 is 2.73 bits per heavy atom. The third kappa shape index (κ3) is 4.21. The molecule has 2 atom stereocenters. The van der Waals surface area contributed by atoms with Gasteiger partial charge in [0.05, 0.1) is 16.5 Å². The number of nitriles is 1. The molecule has 0 bridgehead atoms. The SMILES string of the molecule is CC(N)C1CCCN(S(=O)(=O)c2cc(Br)cc(C#N)c2)C1.Cl. The molecule has 1 fully saturated rings. The fraction of sp³-hybridized carbons (Fsp3) is 0.500. The molecule has 8 heteroatoms. The summed E-state index contributed by atoms with van der Waals surface area (Å²) in [5, 5.41) is 8.98. The summed E-state index contributed by atoms with van der Waals surface area (Å²) < 4.78 is 27.5. The van der Waals surface area contributed by atoms with Crippen molar-refractivity contribution in [2.75, 3.05) is 13.1 Å². The Morgan fingerprint density at radius 1 is 1.45 bits per heavy atom. The van der Waals surface area contributed by atoms with Gasteiger partial charge >= 0.3 is 0 Å². The molecule has 0 spiro atoms. The molecular weight excluding hydrogens is 390 g/mol. The standard InChI is InChI=1S/C14H18BrN3O2S.ClH/c1-10(17)12-3-2-4-18(9-12)21(19,20)14-6-11(8-16)5-13(15)7-14;/h5-7,10,12H,2-4,9,17H2,1H3;1H. The average Bonchev–Trinajstić information content (AvgIpc) is 2.46. The van der Waals surface area contributed by atoms with Gasteiger partial charge in [-0.25, -0.2) is 8.42 Å². The normalized spacial score (nSPS) is 20.7. The van der Waals surface area contributed by atoms with Gasteiger partial charge in [0, 0.05) is 23.6 Å². The van der Waals surface area contributed by atoms with Crippen LogP contribution in [0.4, 0.5) is 0 Å². The maximum Gasteiger partial charge on any atom is 0.243 e. The van der Waals surface area contributed by atoms with Crippen molar-refractivity contribution in [3.63, 3.8) is 0 Å². The fourth-order valence-corrected chi connectivity index (χ4v) is 4.80. The summed E-state index contributed by atoms with van der Waals surface area (Å²) in [7, 11) is -3.59. The van der Waals surface area contributed by atoms with Gasteiger partial charge in [0.2, 0.25) is 10.0 Å². The van der Waals surface area contributed by atoms with Crippen molar-refractivity contribution in [1.29, 1.82) is 5.26 Å². The minimum Gasteiger partial charge on any atom is -0.328 e. The number of benzene rings is 1. The van der Waals surface area contributed by atoms with Gasteiger partial charge in [-0.1, -0.05) is 15.9 Å². The van der Waals surface area contributed by atoms with E-state index in [4.69, 9.17) is 11.0 Å². The highest BCUT2D eigenvalue weighted by Crippen LogP contribution is 2.27. The van der Waals surface area contributed by atoms with Gasteiger partial charge in [-0.15, -0.1) is 12.4 Å². The molecule has 5 nitrogen and oxygen atoms in total. The van der Waals surface area contributed by atoms with Crippen molar-refractivity contribution in [1.82, 2.24) is 4.31 Å².